The number of anilines is 2. The molecule has 0 saturated heterocycles. The summed E-state index contributed by atoms with van der Waals surface area (Å²) in [7, 11) is 0. The van der Waals surface area contributed by atoms with Gasteiger partial charge in [-0.3, -0.25) is 4.79 Å². The Morgan fingerprint density at radius 3 is 2.43 bits per heavy atom. The number of aryl methyl sites for hydroxylation is 2. The van der Waals surface area contributed by atoms with Crippen molar-refractivity contribution >= 4 is 17.3 Å². The summed E-state index contributed by atoms with van der Waals surface area (Å²) in [5.74, 6) is 0.724. The molecule has 2 N–H and O–H groups in total. The van der Waals surface area contributed by atoms with Crippen molar-refractivity contribution in [3.05, 3.63) is 90.0 Å². The summed E-state index contributed by atoms with van der Waals surface area (Å²) in [4.78, 5) is 12.1. The summed E-state index contributed by atoms with van der Waals surface area (Å²) in [5, 5.41) is 6.01. The number of hydrogen-bond acceptors (Lipinski definition) is 3. The number of benzene rings is 3. The molecule has 3 aromatic rings. The van der Waals surface area contributed by atoms with Crippen LogP contribution in [0.1, 0.15) is 17.5 Å². The number of nitrogens with one attached hydrogen (secondary N) is 2. The van der Waals surface area contributed by atoms with Crippen molar-refractivity contribution in [2.24, 2.45) is 0 Å². The van der Waals surface area contributed by atoms with Crippen LogP contribution in [0, 0.1) is 6.92 Å². The van der Waals surface area contributed by atoms with Gasteiger partial charge in [0.2, 0.25) is 5.91 Å². The highest BCUT2D eigenvalue weighted by Crippen LogP contribution is 2.16. The summed E-state index contributed by atoms with van der Waals surface area (Å²) in [6.45, 7) is 2.92. The molecule has 0 spiro atoms. The monoisotopic (exact) mass is 374 g/mol. The quantitative estimate of drug-likeness (QED) is 0.515. The molecular formula is C24H26N2O2. The maximum absolute atomic E-state index is 12.1. The van der Waals surface area contributed by atoms with Crippen molar-refractivity contribution in [1.29, 1.82) is 0 Å². The molecule has 0 fully saturated rings. The topological polar surface area (TPSA) is 50.4 Å². The van der Waals surface area contributed by atoms with E-state index in [4.69, 9.17) is 4.74 Å². The molecule has 0 unspecified atom stereocenters. The van der Waals surface area contributed by atoms with E-state index in [0.29, 0.717) is 6.61 Å². The van der Waals surface area contributed by atoms with Gasteiger partial charge >= 0.3 is 0 Å². The van der Waals surface area contributed by atoms with E-state index in [1.165, 1.54) is 5.56 Å². The van der Waals surface area contributed by atoms with Crippen LogP contribution in [-0.2, 0) is 11.2 Å². The van der Waals surface area contributed by atoms with E-state index in [2.05, 4.69) is 34.9 Å². The number of amides is 1. The number of ether oxygens (including phenoxy) is 1. The summed E-state index contributed by atoms with van der Waals surface area (Å²) < 4.78 is 5.78. The first-order chi connectivity index (χ1) is 13.7. The second-order valence-corrected chi connectivity index (χ2v) is 6.73. The van der Waals surface area contributed by atoms with Crippen LogP contribution in [0.2, 0.25) is 0 Å². The van der Waals surface area contributed by atoms with E-state index in [0.717, 1.165) is 35.5 Å². The number of hydrogen-bond donors (Lipinski definition) is 2. The third kappa shape index (κ3) is 6.47. The van der Waals surface area contributed by atoms with Gasteiger partial charge in [0.05, 0.1) is 13.2 Å². The van der Waals surface area contributed by atoms with Gasteiger partial charge in [-0.1, -0.05) is 42.5 Å². The Morgan fingerprint density at radius 1 is 0.893 bits per heavy atom. The summed E-state index contributed by atoms with van der Waals surface area (Å²) in [5.41, 5.74) is 4.18. The molecular weight excluding hydrogens is 348 g/mol. The van der Waals surface area contributed by atoms with Crippen molar-refractivity contribution in [2.45, 2.75) is 19.8 Å². The molecule has 3 aromatic carbocycles. The minimum Gasteiger partial charge on any atom is -0.494 e. The molecule has 4 heteroatoms. The summed E-state index contributed by atoms with van der Waals surface area (Å²) >= 11 is 0. The highest BCUT2D eigenvalue weighted by Gasteiger charge is 2.03. The van der Waals surface area contributed by atoms with E-state index in [1.54, 1.807) is 0 Å². The Morgan fingerprint density at radius 2 is 1.68 bits per heavy atom. The Hall–Kier alpha value is -3.27. The van der Waals surface area contributed by atoms with Gasteiger partial charge in [0.25, 0.3) is 0 Å². The lowest BCUT2D eigenvalue weighted by Gasteiger charge is -2.10. The normalized spacial score (nSPS) is 10.3. The molecule has 0 aliphatic rings. The second kappa shape index (κ2) is 10.2. The zero-order valence-corrected chi connectivity index (χ0v) is 16.2. The third-order valence-electron chi connectivity index (χ3n) is 4.33. The van der Waals surface area contributed by atoms with Crippen LogP contribution in [0.15, 0.2) is 78.9 Å². The smallest absolute Gasteiger partial charge is 0.243 e. The second-order valence-electron chi connectivity index (χ2n) is 6.73. The van der Waals surface area contributed by atoms with Crippen LogP contribution in [-0.4, -0.2) is 19.1 Å². The average molecular weight is 374 g/mol. The third-order valence-corrected chi connectivity index (χ3v) is 4.33. The largest absolute Gasteiger partial charge is 0.494 e. The molecule has 0 heterocycles. The average Bonchev–Trinajstić information content (AvgIpc) is 2.72. The Kier molecular flexibility index (Phi) is 7.08. The molecule has 0 saturated carbocycles. The van der Waals surface area contributed by atoms with Crippen LogP contribution in [0.4, 0.5) is 11.4 Å². The Bertz CT molecular complexity index is 877. The van der Waals surface area contributed by atoms with Crippen molar-refractivity contribution in [3.8, 4) is 5.75 Å². The van der Waals surface area contributed by atoms with Gasteiger partial charge < -0.3 is 15.4 Å². The molecule has 0 atom stereocenters. The van der Waals surface area contributed by atoms with E-state index < -0.39 is 0 Å². The highest BCUT2D eigenvalue weighted by atomic mass is 16.5. The van der Waals surface area contributed by atoms with Crippen LogP contribution in [0.3, 0.4) is 0 Å². The highest BCUT2D eigenvalue weighted by molar-refractivity contribution is 5.93. The molecule has 0 radical (unpaired) electrons. The van der Waals surface area contributed by atoms with Crippen molar-refractivity contribution in [3.63, 3.8) is 0 Å². The predicted molar refractivity (Wildman–Crippen MR) is 115 cm³/mol. The molecule has 0 aromatic heterocycles. The van der Waals surface area contributed by atoms with Crippen molar-refractivity contribution in [1.82, 2.24) is 0 Å². The number of carbonyl (C=O) groups excluding carboxylic acids is 1. The minimum atomic E-state index is -0.0852. The first-order valence-electron chi connectivity index (χ1n) is 9.56. The Labute approximate surface area is 166 Å². The molecule has 28 heavy (non-hydrogen) atoms. The van der Waals surface area contributed by atoms with E-state index in [-0.39, 0.29) is 12.5 Å². The summed E-state index contributed by atoms with van der Waals surface area (Å²) in [6, 6.07) is 25.8. The predicted octanol–water partition coefficient (Wildman–Crippen LogP) is 5.06. The SMILES string of the molecule is Cc1cccc(NCC(=O)Nc2ccc(OCCCc3ccccc3)cc2)c1. The summed E-state index contributed by atoms with van der Waals surface area (Å²) in [6.07, 6.45) is 1.97. The van der Waals surface area contributed by atoms with Crippen LogP contribution >= 0.6 is 0 Å². The molecule has 3 rings (SSSR count). The first-order valence-corrected chi connectivity index (χ1v) is 9.56. The van der Waals surface area contributed by atoms with Gasteiger partial charge in [-0.05, 0) is 67.3 Å². The lowest BCUT2D eigenvalue weighted by atomic mass is 10.1. The molecule has 1 amide bonds. The van der Waals surface area contributed by atoms with Crippen molar-refractivity contribution in [2.75, 3.05) is 23.8 Å². The number of rotatable bonds is 9. The Balaban J connectivity index is 1.38. The van der Waals surface area contributed by atoms with Gasteiger partial charge in [-0.2, -0.15) is 0 Å². The molecule has 4 nitrogen and oxygen atoms in total. The lowest BCUT2D eigenvalue weighted by molar-refractivity contribution is -0.114. The number of carbonyl (C=O) groups is 1. The fraction of sp³-hybridized carbons (Fsp3) is 0.208. The van der Waals surface area contributed by atoms with Gasteiger partial charge in [0.1, 0.15) is 5.75 Å². The van der Waals surface area contributed by atoms with Gasteiger partial charge in [0.15, 0.2) is 0 Å². The van der Waals surface area contributed by atoms with Gasteiger partial charge in [-0.15, -0.1) is 0 Å². The molecule has 144 valence electrons. The maximum Gasteiger partial charge on any atom is 0.243 e. The zero-order chi connectivity index (χ0) is 19.6. The fourth-order valence-electron chi connectivity index (χ4n) is 2.89. The van der Waals surface area contributed by atoms with E-state index >= 15 is 0 Å². The van der Waals surface area contributed by atoms with Crippen molar-refractivity contribution < 1.29 is 9.53 Å². The van der Waals surface area contributed by atoms with Gasteiger partial charge in [-0.25, -0.2) is 0 Å². The zero-order valence-electron chi connectivity index (χ0n) is 16.2. The molecule has 0 aliphatic carbocycles. The van der Waals surface area contributed by atoms with Crippen LogP contribution < -0.4 is 15.4 Å². The van der Waals surface area contributed by atoms with Crippen LogP contribution in [0.25, 0.3) is 0 Å². The standard InChI is InChI=1S/C24H26N2O2/c1-19-7-5-11-22(17-19)25-18-24(27)26-21-12-14-23(15-13-21)28-16-6-10-20-8-3-2-4-9-20/h2-5,7-9,11-15,17,25H,6,10,16,18H2,1H3,(H,26,27). The van der Waals surface area contributed by atoms with E-state index in [1.807, 2.05) is 61.5 Å². The minimum absolute atomic E-state index is 0.0852. The van der Waals surface area contributed by atoms with Gasteiger partial charge in [0, 0.05) is 11.4 Å². The molecule has 0 aliphatic heterocycles. The first kappa shape index (κ1) is 19.5. The van der Waals surface area contributed by atoms with E-state index in [9.17, 15) is 4.79 Å². The maximum atomic E-state index is 12.1. The fourth-order valence-corrected chi connectivity index (χ4v) is 2.89. The lowest BCUT2D eigenvalue weighted by Crippen LogP contribution is -2.21. The molecule has 0 bridgehead atoms. The van der Waals surface area contributed by atoms with Crippen LogP contribution in [0.5, 0.6) is 5.75 Å².